The molecule has 3 amide bonds. The largest absolute Gasteiger partial charge is 0.468 e. The van der Waals surface area contributed by atoms with Gasteiger partial charge in [-0.2, -0.15) is 18.4 Å². The molecule has 0 saturated carbocycles. The Bertz CT molecular complexity index is 968. The molecule has 2 heterocycles. The van der Waals surface area contributed by atoms with Crippen LogP contribution in [-0.4, -0.2) is 34.6 Å². The van der Waals surface area contributed by atoms with Crippen LogP contribution < -0.4 is 10.1 Å². The van der Waals surface area contributed by atoms with Crippen molar-refractivity contribution >= 4 is 11.9 Å². The molecule has 7 nitrogen and oxygen atoms in total. The van der Waals surface area contributed by atoms with Crippen molar-refractivity contribution in [2.45, 2.75) is 25.2 Å². The van der Waals surface area contributed by atoms with Crippen LogP contribution in [-0.2, 0) is 16.9 Å². The normalized spacial score (nSPS) is 19.1. The summed E-state index contributed by atoms with van der Waals surface area (Å²) in [6.45, 7) is -0.0145. The van der Waals surface area contributed by atoms with E-state index in [1.54, 1.807) is 31.2 Å². The molecule has 1 unspecified atom stereocenters. The minimum absolute atomic E-state index is 0.108. The van der Waals surface area contributed by atoms with E-state index in [9.17, 15) is 22.8 Å². The molecule has 29 heavy (non-hydrogen) atoms. The number of nitrogens with zero attached hydrogens (tertiary/aromatic N) is 3. The number of aromatic nitrogens is 1. The van der Waals surface area contributed by atoms with Gasteiger partial charge in [0.25, 0.3) is 5.91 Å². The third kappa shape index (κ3) is 4.29. The summed E-state index contributed by atoms with van der Waals surface area (Å²) in [5.74, 6) is -0.713. The Balaban J connectivity index is 1.72. The van der Waals surface area contributed by atoms with Crippen LogP contribution in [0, 0.1) is 11.3 Å². The highest BCUT2D eigenvalue weighted by Gasteiger charge is 2.48. The summed E-state index contributed by atoms with van der Waals surface area (Å²) >= 11 is 0. The Morgan fingerprint density at radius 3 is 2.45 bits per heavy atom. The second-order valence-electron chi connectivity index (χ2n) is 6.54. The summed E-state index contributed by atoms with van der Waals surface area (Å²) in [7, 11) is 0. The fraction of sp³-hybridized carbons (Fsp3) is 0.263. The molecule has 0 aliphatic carbocycles. The molecule has 2 aromatic rings. The van der Waals surface area contributed by atoms with Gasteiger partial charge < -0.3 is 10.1 Å². The van der Waals surface area contributed by atoms with Gasteiger partial charge in [-0.1, -0.05) is 18.2 Å². The van der Waals surface area contributed by atoms with Gasteiger partial charge in [0, 0.05) is 12.3 Å². The first-order chi connectivity index (χ1) is 13.6. The van der Waals surface area contributed by atoms with Crippen LogP contribution in [0.2, 0.25) is 0 Å². The number of imide groups is 1. The minimum Gasteiger partial charge on any atom is -0.468 e. The summed E-state index contributed by atoms with van der Waals surface area (Å²) in [5.41, 5.74) is 0.0852. The highest BCUT2D eigenvalue weighted by Crippen LogP contribution is 2.30. The lowest BCUT2D eigenvalue weighted by Crippen LogP contribution is -2.40. The molecule has 1 aliphatic heterocycles. The fourth-order valence-corrected chi connectivity index (χ4v) is 2.84. The Kier molecular flexibility index (Phi) is 5.16. The zero-order valence-corrected chi connectivity index (χ0v) is 15.2. The molecule has 1 aromatic carbocycles. The highest BCUT2D eigenvalue weighted by molar-refractivity contribution is 6.07. The average molecular weight is 404 g/mol. The molecule has 3 rings (SSSR count). The highest BCUT2D eigenvalue weighted by atomic mass is 19.4. The monoisotopic (exact) mass is 404 g/mol. The second kappa shape index (κ2) is 7.43. The smallest absolute Gasteiger partial charge is 0.422 e. The van der Waals surface area contributed by atoms with Crippen LogP contribution in [0.5, 0.6) is 5.88 Å². The third-order valence-corrected chi connectivity index (χ3v) is 4.39. The maximum absolute atomic E-state index is 12.9. The van der Waals surface area contributed by atoms with E-state index in [4.69, 9.17) is 5.26 Å². The van der Waals surface area contributed by atoms with Gasteiger partial charge >= 0.3 is 12.2 Å². The summed E-state index contributed by atoms with van der Waals surface area (Å²) in [4.78, 5) is 30.0. The Hall–Kier alpha value is -3.61. The van der Waals surface area contributed by atoms with Crippen molar-refractivity contribution in [1.29, 1.82) is 5.26 Å². The van der Waals surface area contributed by atoms with Gasteiger partial charge in [0.15, 0.2) is 6.61 Å². The summed E-state index contributed by atoms with van der Waals surface area (Å²) in [6, 6.07) is 10.3. The van der Waals surface area contributed by atoms with Crippen molar-refractivity contribution < 1.29 is 27.5 Å². The molecule has 0 spiro atoms. The number of nitrogens with one attached hydrogen (secondary N) is 1. The van der Waals surface area contributed by atoms with Crippen molar-refractivity contribution in [2.24, 2.45) is 0 Å². The number of ether oxygens (including phenoxy) is 1. The number of pyridine rings is 1. The number of hydrogen-bond acceptors (Lipinski definition) is 5. The zero-order valence-electron chi connectivity index (χ0n) is 15.2. The lowest BCUT2D eigenvalue weighted by atomic mass is 9.91. The standard InChI is InChI=1S/C19H15F3N4O3/c1-18(14-5-2-12(8-23)3-6-14)16(27)26(17(28)25-18)10-13-4-7-15(24-9-13)29-11-19(20,21)22/h2-7,9H,10-11H2,1H3,(H,25,28). The van der Waals surface area contributed by atoms with E-state index in [1.807, 2.05) is 6.07 Å². The number of hydrogen-bond donors (Lipinski definition) is 1. The molecule has 150 valence electrons. The molecule has 1 fully saturated rings. The molecule has 1 atom stereocenters. The van der Waals surface area contributed by atoms with E-state index >= 15 is 0 Å². The molecule has 10 heteroatoms. The van der Waals surface area contributed by atoms with Crippen molar-refractivity contribution in [2.75, 3.05) is 6.61 Å². The maximum atomic E-state index is 12.9. The quantitative estimate of drug-likeness (QED) is 0.774. The average Bonchev–Trinajstić information content (AvgIpc) is 2.91. The van der Waals surface area contributed by atoms with Crippen LogP contribution in [0.1, 0.15) is 23.6 Å². The lowest BCUT2D eigenvalue weighted by Gasteiger charge is -2.22. The van der Waals surface area contributed by atoms with Crippen LogP contribution >= 0.6 is 0 Å². The molecular formula is C19H15F3N4O3. The number of urea groups is 1. The number of alkyl halides is 3. The summed E-state index contributed by atoms with van der Waals surface area (Å²) < 4.78 is 41.1. The van der Waals surface area contributed by atoms with E-state index in [0.29, 0.717) is 16.7 Å². The predicted molar refractivity (Wildman–Crippen MR) is 93.4 cm³/mol. The van der Waals surface area contributed by atoms with E-state index in [1.165, 1.54) is 18.3 Å². The van der Waals surface area contributed by atoms with Gasteiger partial charge in [-0.15, -0.1) is 0 Å². The number of halogens is 3. The number of carbonyl (C=O) groups is 2. The van der Waals surface area contributed by atoms with E-state index < -0.39 is 30.3 Å². The molecule has 0 bridgehead atoms. The molecule has 1 N–H and O–H groups in total. The lowest BCUT2D eigenvalue weighted by molar-refractivity contribution is -0.154. The van der Waals surface area contributed by atoms with Crippen molar-refractivity contribution in [3.63, 3.8) is 0 Å². The predicted octanol–water partition coefficient (Wildman–Crippen LogP) is 2.86. The molecule has 1 aliphatic rings. The van der Waals surface area contributed by atoms with Crippen LogP contribution in [0.25, 0.3) is 0 Å². The van der Waals surface area contributed by atoms with Gasteiger partial charge in [-0.3, -0.25) is 9.69 Å². The first-order valence-corrected chi connectivity index (χ1v) is 8.41. The number of rotatable bonds is 5. The summed E-state index contributed by atoms with van der Waals surface area (Å²) in [6.07, 6.45) is -3.24. The summed E-state index contributed by atoms with van der Waals surface area (Å²) in [5, 5.41) is 11.5. The van der Waals surface area contributed by atoms with Crippen LogP contribution in [0.4, 0.5) is 18.0 Å². The Morgan fingerprint density at radius 2 is 1.90 bits per heavy atom. The second-order valence-corrected chi connectivity index (χ2v) is 6.54. The SMILES string of the molecule is CC1(c2ccc(C#N)cc2)NC(=O)N(Cc2ccc(OCC(F)(F)F)nc2)C1=O. The third-order valence-electron chi connectivity index (χ3n) is 4.39. The van der Waals surface area contributed by atoms with Crippen molar-refractivity contribution in [1.82, 2.24) is 15.2 Å². The van der Waals surface area contributed by atoms with Gasteiger partial charge in [0.1, 0.15) is 5.54 Å². The van der Waals surface area contributed by atoms with Gasteiger partial charge in [0.05, 0.1) is 18.2 Å². The Morgan fingerprint density at radius 1 is 1.21 bits per heavy atom. The van der Waals surface area contributed by atoms with E-state index in [-0.39, 0.29) is 12.4 Å². The first kappa shape index (κ1) is 20.1. The first-order valence-electron chi connectivity index (χ1n) is 8.41. The van der Waals surface area contributed by atoms with E-state index in [2.05, 4.69) is 15.0 Å². The minimum atomic E-state index is -4.48. The van der Waals surface area contributed by atoms with Gasteiger partial charge in [-0.25, -0.2) is 9.78 Å². The topological polar surface area (TPSA) is 95.3 Å². The molecule has 0 radical (unpaired) electrons. The van der Waals surface area contributed by atoms with Gasteiger partial charge in [0.2, 0.25) is 5.88 Å². The van der Waals surface area contributed by atoms with Gasteiger partial charge in [-0.05, 0) is 30.2 Å². The number of benzene rings is 1. The zero-order chi connectivity index (χ0) is 21.2. The molecule has 1 aromatic heterocycles. The van der Waals surface area contributed by atoms with Crippen molar-refractivity contribution in [3.8, 4) is 11.9 Å². The number of amides is 3. The van der Waals surface area contributed by atoms with E-state index in [0.717, 1.165) is 4.90 Å². The van der Waals surface area contributed by atoms with Crippen LogP contribution in [0.15, 0.2) is 42.6 Å². The maximum Gasteiger partial charge on any atom is 0.422 e. The fourth-order valence-electron chi connectivity index (χ4n) is 2.84. The molecular weight excluding hydrogens is 389 g/mol. The molecule has 1 saturated heterocycles. The van der Waals surface area contributed by atoms with Crippen molar-refractivity contribution in [3.05, 3.63) is 59.3 Å². The number of carbonyl (C=O) groups excluding carboxylic acids is 2. The van der Waals surface area contributed by atoms with Crippen LogP contribution in [0.3, 0.4) is 0 Å². The Labute approximate surface area is 163 Å². The number of nitriles is 1.